The van der Waals surface area contributed by atoms with E-state index in [2.05, 4.69) is 20.9 Å². The smallest absolute Gasteiger partial charge is 0.227 e. The molecule has 7 nitrogen and oxygen atoms in total. The highest BCUT2D eigenvalue weighted by atomic mass is 16.5. The third-order valence-electron chi connectivity index (χ3n) is 4.95. The van der Waals surface area contributed by atoms with Gasteiger partial charge in [-0.2, -0.15) is 0 Å². The van der Waals surface area contributed by atoms with Crippen LogP contribution < -0.4 is 25.4 Å². The molecule has 1 aliphatic rings. The van der Waals surface area contributed by atoms with Crippen molar-refractivity contribution in [1.82, 2.24) is 5.32 Å². The van der Waals surface area contributed by atoms with Gasteiger partial charge in [0.1, 0.15) is 0 Å². The van der Waals surface area contributed by atoms with Gasteiger partial charge in [0.15, 0.2) is 17.5 Å². The fourth-order valence-corrected chi connectivity index (χ4v) is 2.95. The second kappa shape index (κ2) is 10.5. The van der Waals surface area contributed by atoms with Gasteiger partial charge in [0.25, 0.3) is 0 Å². The van der Waals surface area contributed by atoms with E-state index in [0.29, 0.717) is 25.7 Å². The van der Waals surface area contributed by atoms with Crippen LogP contribution in [0, 0.1) is 5.92 Å². The number of ether oxygens (including phenoxy) is 2. The number of hydrogen-bond donors (Lipinski definition) is 3. The Morgan fingerprint density at radius 2 is 1.83 bits per heavy atom. The van der Waals surface area contributed by atoms with Crippen molar-refractivity contribution in [3.05, 3.63) is 48.0 Å². The molecule has 0 fully saturated rings. The summed E-state index contributed by atoms with van der Waals surface area (Å²) in [5.41, 5.74) is 2.70. The molecule has 1 unspecified atom stereocenters. The number of anilines is 2. The van der Waals surface area contributed by atoms with Gasteiger partial charge in [-0.15, -0.1) is 0 Å². The number of fused-ring (bicyclic) bond motifs is 1. The summed E-state index contributed by atoms with van der Waals surface area (Å²) < 4.78 is 11.4. The van der Waals surface area contributed by atoms with Crippen LogP contribution in [0.1, 0.15) is 32.3 Å². The van der Waals surface area contributed by atoms with E-state index in [4.69, 9.17) is 9.47 Å². The van der Waals surface area contributed by atoms with Crippen LogP contribution in [0.2, 0.25) is 0 Å². The summed E-state index contributed by atoms with van der Waals surface area (Å²) in [6.07, 6.45) is 1.69. The number of aliphatic imine (C=N–C) groups is 1. The highest BCUT2D eigenvalue weighted by molar-refractivity contribution is 5.94. The van der Waals surface area contributed by atoms with Gasteiger partial charge in [-0.25, -0.2) is 0 Å². The highest BCUT2D eigenvalue weighted by Crippen LogP contribution is 2.32. The normalized spacial score (nSPS) is 14.4. The summed E-state index contributed by atoms with van der Waals surface area (Å²) in [5, 5.41) is 9.54. The predicted octanol–water partition coefficient (Wildman–Crippen LogP) is 4.02. The number of amides is 1. The van der Waals surface area contributed by atoms with Crippen LogP contribution in [-0.4, -0.2) is 32.1 Å². The fraction of sp³-hybridized carbons (Fsp3) is 0.391. The van der Waals surface area contributed by atoms with Crippen molar-refractivity contribution in [2.24, 2.45) is 10.9 Å². The number of hydrogen-bond acceptors (Lipinski definition) is 4. The van der Waals surface area contributed by atoms with E-state index in [1.807, 2.05) is 56.3 Å². The topological polar surface area (TPSA) is 84.0 Å². The molecular formula is C23H30N4O3. The molecule has 3 N–H and O–H groups in total. The molecule has 1 aliphatic heterocycles. The minimum Gasteiger partial charge on any atom is -0.490 e. The summed E-state index contributed by atoms with van der Waals surface area (Å²) >= 11 is 0. The summed E-state index contributed by atoms with van der Waals surface area (Å²) in [6, 6.07) is 13.6. The molecule has 0 aromatic heterocycles. The maximum atomic E-state index is 12.1. The first-order chi connectivity index (χ1) is 14.6. The highest BCUT2D eigenvalue weighted by Gasteiger charge is 2.12. The average Bonchev–Trinajstić information content (AvgIpc) is 3.01. The largest absolute Gasteiger partial charge is 0.490 e. The summed E-state index contributed by atoms with van der Waals surface area (Å²) in [5.74, 6) is 2.16. The number of nitrogens with zero attached hydrogens (tertiary/aromatic N) is 1. The van der Waals surface area contributed by atoms with Crippen LogP contribution >= 0.6 is 0 Å². The molecule has 2 aromatic rings. The quantitative estimate of drug-likeness (QED) is 0.495. The molecule has 0 aliphatic carbocycles. The molecule has 1 heterocycles. The van der Waals surface area contributed by atoms with Crippen molar-refractivity contribution in [3.63, 3.8) is 0 Å². The van der Waals surface area contributed by atoms with E-state index in [1.165, 1.54) is 0 Å². The maximum Gasteiger partial charge on any atom is 0.227 e. The van der Waals surface area contributed by atoms with Gasteiger partial charge >= 0.3 is 0 Å². The molecule has 3 rings (SSSR count). The van der Waals surface area contributed by atoms with Gasteiger partial charge in [-0.3, -0.25) is 9.79 Å². The molecule has 1 amide bonds. The Labute approximate surface area is 177 Å². The molecule has 0 spiro atoms. The predicted molar refractivity (Wildman–Crippen MR) is 120 cm³/mol. The Hall–Kier alpha value is -3.22. The lowest BCUT2D eigenvalue weighted by Gasteiger charge is -2.15. The molecule has 0 radical (unpaired) electrons. The molecular weight excluding hydrogens is 380 g/mol. The van der Waals surface area contributed by atoms with Gasteiger partial charge in [0.2, 0.25) is 5.91 Å². The zero-order valence-corrected chi connectivity index (χ0v) is 17.8. The Balaban J connectivity index is 1.59. The van der Waals surface area contributed by atoms with Crippen molar-refractivity contribution in [2.45, 2.75) is 33.2 Å². The standard InChI is InChI=1S/C23H30N4O3/c1-4-16(2)22(28)26-18-8-5-7-17(13-18)15-25-23(24-3)27-19-9-10-20-21(14-19)30-12-6-11-29-20/h5,7-10,13-14,16H,4,6,11-12,15H2,1-3H3,(H,26,28)(H2,24,25,27). The number of rotatable bonds is 6. The van der Waals surface area contributed by atoms with E-state index < -0.39 is 0 Å². The summed E-state index contributed by atoms with van der Waals surface area (Å²) in [7, 11) is 1.72. The fourth-order valence-electron chi connectivity index (χ4n) is 2.95. The third-order valence-corrected chi connectivity index (χ3v) is 4.95. The Morgan fingerprint density at radius 3 is 2.60 bits per heavy atom. The van der Waals surface area contributed by atoms with E-state index >= 15 is 0 Å². The maximum absolute atomic E-state index is 12.1. The average molecular weight is 411 g/mol. The second-order valence-corrected chi connectivity index (χ2v) is 7.26. The van der Waals surface area contributed by atoms with Gasteiger partial charge in [0, 0.05) is 43.4 Å². The van der Waals surface area contributed by atoms with Gasteiger partial charge in [-0.1, -0.05) is 26.0 Å². The van der Waals surface area contributed by atoms with E-state index in [0.717, 1.165) is 41.3 Å². The SMILES string of the molecule is CCC(C)C(=O)Nc1cccc(CNC(=NC)Nc2ccc3c(c2)OCCCO3)c1. The lowest BCUT2D eigenvalue weighted by molar-refractivity contribution is -0.119. The molecule has 0 saturated carbocycles. The van der Waals surface area contributed by atoms with Crippen molar-refractivity contribution in [3.8, 4) is 11.5 Å². The molecule has 160 valence electrons. The summed E-state index contributed by atoms with van der Waals surface area (Å²) in [6.45, 7) is 5.81. The third kappa shape index (κ3) is 5.89. The lowest BCUT2D eigenvalue weighted by Crippen LogP contribution is -2.30. The second-order valence-electron chi connectivity index (χ2n) is 7.26. The minimum atomic E-state index is -0.00916. The summed E-state index contributed by atoms with van der Waals surface area (Å²) in [4.78, 5) is 16.4. The van der Waals surface area contributed by atoms with E-state index in [1.54, 1.807) is 7.05 Å². The van der Waals surface area contributed by atoms with Crippen molar-refractivity contribution in [2.75, 3.05) is 30.9 Å². The monoisotopic (exact) mass is 410 g/mol. The van der Waals surface area contributed by atoms with Gasteiger partial charge in [0.05, 0.1) is 13.2 Å². The number of nitrogens with one attached hydrogen (secondary N) is 3. The van der Waals surface area contributed by atoms with Crippen LogP contribution in [0.5, 0.6) is 11.5 Å². The van der Waals surface area contributed by atoms with Crippen molar-refractivity contribution >= 4 is 23.2 Å². The van der Waals surface area contributed by atoms with E-state index in [-0.39, 0.29) is 11.8 Å². The van der Waals surface area contributed by atoms with Crippen LogP contribution in [0.4, 0.5) is 11.4 Å². The molecule has 7 heteroatoms. The number of guanidine groups is 1. The molecule has 1 atom stereocenters. The van der Waals surface area contributed by atoms with Crippen LogP contribution in [-0.2, 0) is 11.3 Å². The van der Waals surface area contributed by atoms with Crippen molar-refractivity contribution < 1.29 is 14.3 Å². The Kier molecular flexibility index (Phi) is 7.54. The lowest BCUT2D eigenvalue weighted by atomic mass is 10.1. The number of carbonyl (C=O) groups excluding carboxylic acids is 1. The molecule has 0 saturated heterocycles. The molecule has 0 bridgehead atoms. The van der Waals surface area contributed by atoms with Crippen molar-refractivity contribution in [1.29, 1.82) is 0 Å². The molecule has 2 aromatic carbocycles. The van der Waals surface area contributed by atoms with Gasteiger partial charge < -0.3 is 25.4 Å². The first kappa shape index (κ1) is 21.5. The Bertz CT molecular complexity index is 898. The van der Waals surface area contributed by atoms with Crippen LogP contribution in [0.3, 0.4) is 0 Å². The number of benzene rings is 2. The van der Waals surface area contributed by atoms with Gasteiger partial charge in [-0.05, 0) is 36.2 Å². The number of carbonyl (C=O) groups is 1. The first-order valence-electron chi connectivity index (χ1n) is 10.4. The van der Waals surface area contributed by atoms with Crippen LogP contribution in [0.15, 0.2) is 47.5 Å². The Morgan fingerprint density at radius 1 is 1.07 bits per heavy atom. The minimum absolute atomic E-state index is 0.00916. The van der Waals surface area contributed by atoms with Crippen LogP contribution in [0.25, 0.3) is 0 Å². The first-order valence-corrected chi connectivity index (χ1v) is 10.4. The van der Waals surface area contributed by atoms with E-state index in [9.17, 15) is 4.79 Å². The molecule has 30 heavy (non-hydrogen) atoms. The zero-order valence-electron chi connectivity index (χ0n) is 17.8. The zero-order chi connectivity index (χ0) is 21.3.